The summed E-state index contributed by atoms with van der Waals surface area (Å²) in [5, 5.41) is 2.88. The number of nitrogens with one attached hydrogen (secondary N) is 1. The van der Waals surface area contributed by atoms with Gasteiger partial charge in [0, 0.05) is 17.6 Å². The summed E-state index contributed by atoms with van der Waals surface area (Å²) in [6, 6.07) is 30.2. The summed E-state index contributed by atoms with van der Waals surface area (Å²) in [6.07, 6.45) is -0.971. The first-order valence-corrected chi connectivity index (χ1v) is 15.6. The maximum atomic E-state index is 13.9. The zero-order valence-electron chi connectivity index (χ0n) is 22.9. The van der Waals surface area contributed by atoms with Gasteiger partial charge in [0.2, 0.25) is 15.9 Å². The van der Waals surface area contributed by atoms with Crippen LogP contribution in [0.1, 0.15) is 16.7 Å². The molecular formula is C32H30BrN3O5S. The SMILES string of the molecule is Cc1ccc(CN(CC(=O)N2C[C@H](C(=O)NCc3ccccc3)Oc3ccccc32)S(=O)(=O)c2ccc(Br)cc2)cc1. The van der Waals surface area contributed by atoms with Crippen molar-refractivity contribution in [1.82, 2.24) is 9.62 Å². The number of rotatable bonds is 9. The molecule has 5 rings (SSSR count). The lowest BCUT2D eigenvalue weighted by molar-refractivity contribution is -0.128. The van der Waals surface area contributed by atoms with Gasteiger partial charge in [-0.15, -0.1) is 0 Å². The van der Waals surface area contributed by atoms with E-state index in [-0.39, 0.29) is 23.9 Å². The van der Waals surface area contributed by atoms with Crippen LogP contribution in [0.15, 0.2) is 112 Å². The van der Waals surface area contributed by atoms with Crippen LogP contribution in [-0.2, 0) is 32.7 Å². The van der Waals surface area contributed by atoms with E-state index < -0.39 is 28.6 Å². The maximum Gasteiger partial charge on any atom is 0.263 e. The van der Waals surface area contributed by atoms with Crippen LogP contribution in [0, 0.1) is 6.92 Å². The summed E-state index contributed by atoms with van der Waals surface area (Å²) in [7, 11) is -4.05. The second kappa shape index (κ2) is 12.9. The molecule has 0 spiro atoms. The third-order valence-electron chi connectivity index (χ3n) is 6.92. The lowest BCUT2D eigenvalue weighted by Crippen LogP contribution is -2.52. The molecule has 0 aromatic heterocycles. The number of anilines is 1. The number of sulfonamides is 1. The van der Waals surface area contributed by atoms with Crippen LogP contribution in [0.3, 0.4) is 0 Å². The second-order valence-corrected chi connectivity index (χ2v) is 12.8. The first-order valence-electron chi connectivity index (χ1n) is 13.4. The number of hydrogen-bond donors (Lipinski definition) is 1. The number of carbonyl (C=O) groups excluding carboxylic acids is 2. The molecule has 0 radical (unpaired) electrons. The van der Waals surface area contributed by atoms with Crippen molar-refractivity contribution in [1.29, 1.82) is 0 Å². The van der Waals surface area contributed by atoms with Crippen LogP contribution in [0.25, 0.3) is 0 Å². The van der Waals surface area contributed by atoms with Crippen molar-refractivity contribution in [2.24, 2.45) is 0 Å². The molecule has 0 saturated carbocycles. The standard InChI is InChI=1S/C32H30BrN3O5S/c1-23-11-13-25(14-12-23)20-35(42(39,40)27-17-15-26(33)16-18-27)22-31(37)36-21-30(41-29-10-6-5-9-28(29)36)32(38)34-19-24-7-3-2-4-8-24/h2-18,30H,19-22H2,1H3,(H,34,38)/t30-/m1/s1. The van der Waals surface area contributed by atoms with Crippen LogP contribution in [-0.4, -0.2) is 43.7 Å². The van der Waals surface area contributed by atoms with Crippen molar-refractivity contribution in [3.8, 4) is 5.75 Å². The zero-order chi connectivity index (χ0) is 29.7. The predicted octanol–water partition coefficient (Wildman–Crippen LogP) is 5.06. The monoisotopic (exact) mass is 647 g/mol. The quantitative estimate of drug-likeness (QED) is 0.274. The Morgan fingerprint density at radius 1 is 0.905 bits per heavy atom. The van der Waals surface area contributed by atoms with Crippen molar-refractivity contribution in [3.63, 3.8) is 0 Å². The normalized spacial score (nSPS) is 14.6. The summed E-state index contributed by atoms with van der Waals surface area (Å²) < 4.78 is 35.5. The molecule has 216 valence electrons. The van der Waals surface area contributed by atoms with Gasteiger partial charge in [-0.2, -0.15) is 4.31 Å². The van der Waals surface area contributed by atoms with E-state index >= 15 is 0 Å². The molecule has 0 saturated heterocycles. The van der Waals surface area contributed by atoms with Gasteiger partial charge in [-0.1, -0.05) is 88.2 Å². The van der Waals surface area contributed by atoms with Crippen molar-refractivity contribution >= 4 is 43.5 Å². The Kier molecular flexibility index (Phi) is 9.06. The first-order chi connectivity index (χ1) is 20.2. The number of nitrogens with zero attached hydrogens (tertiary/aromatic N) is 2. The molecule has 0 unspecified atom stereocenters. The number of amides is 2. The molecule has 8 nitrogen and oxygen atoms in total. The van der Waals surface area contributed by atoms with Crippen molar-refractivity contribution < 1.29 is 22.7 Å². The molecule has 2 amide bonds. The summed E-state index contributed by atoms with van der Waals surface area (Å²) in [5.41, 5.74) is 3.19. The number of aryl methyl sites for hydroxylation is 1. The number of halogens is 1. The molecular weight excluding hydrogens is 618 g/mol. The third kappa shape index (κ3) is 6.89. The molecule has 1 N–H and O–H groups in total. The van der Waals surface area contributed by atoms with Gasteiger partial charge in [0.05, 0.1) is 23.7 Å². The van der Waals surface area contributed by atoms with Crippen LogP contribution in [0.5, 0.6) is 5.75 Å². The Balaban J connectivity index is 1.40. The van der Waals surface area contributed by atoms with Crippen LogP contribution in [0.4, 0.5) is 5.69 Å². The van der Waals surface area contributed by atoms with E-state index in [0.29, 0.717) is 18.0 Å². The van der Waals surface area contributed by atoms with E-state index in [4.69, 9.17) is 4.74 Å². The summed E-state index contributed by atoms with van der Waals surface area (Å²) in [6.45, 7) is 1.76. The molecule has 1 aliphatic rings. The number of carbonyl (C=O) groups is 2. The fourth-order valence-electron chi connectivity index (χ4n) is 4.62. The van der Waals surface area contributed by atoms with Gasteiger partial charge in [-0.25, -0.2) is 8.42 Å². The Bertz CT molecular complexity index is 1660. The highest BCUT2D eigenvalue weighted by Gasteiger charge is 2.36. The number of hydrogen-bond acceptors (Lipinski definition) is 5. The molecule has 1 heterocycles. The van der Waals surface area contributed by atoms with E-state index in [1.165, 1.54) is 21.3 Å². The third-order valence-corrected chi connectivity index (χ3v) is 9.25. The Labute approximate surface area is 254 Å². The average Bonchev–Trinajstić information content (AvgIpc) is 3.00. The van der Waals surface area contributed by atoms with Gasteiger partial charge in [-0.3, -0.25) is 9.59 Å². The molecule has 0 aliphatic carbocycles. The molecule has 4 aromatic carbocycles. The smallest absolute Gasteiger partial charge is 0.263 e. The fraction of sp³-hybridized carbons (Fsp3) is 0.188. The van der Waals surface area contributed by atoms with E-state index in [1.807, 2.05) is 61.5 Å². The van der Waals surface area contributed by atoms with Crippen molar-refractivity contribution in [3.05, 3.63) is 124 Å². The topological polar surface area (TPSA) is 96.0 Å². The molecule has 1 aliphatic heterocycles. The Morgan fingerprint density at radius 2 is 1.57 bits per heavy atom. The second-order valence-electron chi connectivity index (χ2n) is 9.99. The van der Waals surface area contributed by atoms with E-state index in [2.05, 4.69) is 21.2 Å². The highest BCUT2D eigenvalue weighted by atomic mass is 79.9. The minimum atomic E-state index is -4.05. The van der Waals surface area contributed by atoms with E-state index in [1.54, 1.807) is 36.4 Å². The molecule has 1 atom stereocenters. The number of fused-ring (bicyclic) bond motifs is 1. The van der Waals surface area contributed by atoms with Crippen molar-refractivity contribution in [2.45, 2.75) is 31.0 Å². The summed E-state index contributed by atoms with van der Waals surface area (Å²) >= 11 is 3.35. The first kappa shape index (κ1) is 29.5. The molecule has 0 fully saturated rings. The minimum Gasteiger partial charge on any atom is -0.477 e. The average molecular weight is 649 g/mol. The van der Waals surface area contributed by atoms with Crippen LogP contribution >= 0.6 is 15.9 Å². The number of para-hydroxylation sites is 2. The Morgan fingerprint density at radius 3 is 2.29 bits per heavy atom. The van der Waals surface area contributed by atoms with Gasteiger partial charge in [-0.05, 0) is 54.4 Å². The maximum absolute atomic E-state index is 13.9. The lowest BCUT2D eigenvalue weighted by atomic mass is 10.1. The molecule has 4 aromatic rings. The van der Waals surface area contributed by atoms with Gasteiger partial charge in [0.15, 0.2) is 6.10 Å². The number of benzene rings is 4. The fourth-order valence-corrected chi connectivity index (χ4v) is 6.26. The van der Waals surface area contributed by atoms with Crippen LogP contribution in [0.2, 0.25) is 0 Å². The van der Waals surface area contributed by atoms with Gasteiger partial charge < -0.3 is 15.0 Å². The highest BCUT2D eigenvalue weighted by molar-refractivity contribution is 9.10. The molecule has 42 heavy (non-hydrogen) atoms. The number of ether oxygens (including phenoxy) is 1. The Hall–Kier alpha value is -3.99. The molecule has 10 heteroatoms. The summed E-state index contributed by atoms with van der Waals surface area (Å²) in [4.78, 5) is 28.6. The van der Waals surface area contributed by atoms with Crippen LogP contribution < -0.4 is 15.0 Å². The van der Waals surface area contributed by atoms with Gasteiger partial charge in [0.1, 0.15) is 5.75 Å². The molecule has 0 bridgehead atoms. The van der Waals surface area contributed by atoms with E-state index in [0.717, 1.165) is 21.2 Å². The predicted molar refractivity (Wildman–Crippen MR) is 164 cm³/mol. The minimum absolute atomic E-state index is 0.00258. The zero-order valence-corrected chi connectivity index (χ0v) is 25.3. The van der Waals surface area contributed by atoms with Crippen molar-refractivity contribution in [2.75, 3.05) is 18.0 Å². The largest absolute Gasteiger partial charge is 0.477 e. The highest BCUT2D eigenvalue weighted by Crippen LogP contribution is 2.34. The van der Waals surface area contributed by atoms with Gasteiger partial charge >= 0.3 is 0 Å². The van der Waals surface area contributed by atoms with E-state index in [9.17, 15) is 18.0 Å². The van der Waals surface area contributed by atoms with Gasteiger partial charge in [0.25, 0.3) is 5.91 Å². The summed E-state index contributed by atoms with van der Waals surface area (Å²) in [5.74, 6) is -0.470. The lowest BCUT2D eigenvalue weighted by Gasteiger charge is -2.35.